The van der Waals surface area contributed by atoms with Gasteiger partial charge in [0.15, 0.2) is 0 Å². The van der Waals surface area contributed by atoms with Crippen LogP contribution in [-0.2, 0) is 4.79 Å². The van der Waals surface area contributed by atoms with E-state index in [1.165, 1.54) is 0 Å². The number of rotatable bonds is 6. The molecule has 4 N–H and O–H groups in total. The fourth-order valence-electron chi connectivity index (χ4n) is 1.57. The summed E-state index contributed by atoms with van der Waals surface area (Å²) in [6.45, 7) is 0.730. The highest BCUT2D eigenvalue weighted by molar-refractivity contribution is 5.76. The van der Waals surface area contributed by atoms with Gasteiger partial charge in [-0.05, 0) is 31.4 Å². The Balaban J connectivity index is 1.62. The molecular formula is C12H18N4O. The quantitative estimate of drug-likeness (QED) is 0.645. The van der Waals surface area contributed by atoms with Crippen LogP contribution in [0.5, 0.6) is 0 Å². The van der Waals surface area contributed by atoms with Gasteiger partial charge < -0.3 is 16.4 Å². The van der Waals surface area contributed by atoms with Crippen molar-refractivity contribution in [1.29, 1.82) is 0 Å². The standard InChI is InChI=1S/C12H18N4O/c13-12-10(3-1-8-15-12)14-7-2-4-11(17)16-9-5-6-9/h1,3,8-9,14H,2,4-7H2,(H2,13,15)(H,16,17). The maximum absolute atomic E-state index is 11.4. The molecule has 0 unspecified atom stereocenters. The number of carbonyl (C=O) groups is 1. The number of pyridine rings is 1. The van der Waals surface area contributed by atoms with E-state index in [1.54, 1.807) is 6.20 Å². The number of hydrogen-bond acceptors (Lipinski definition) is 4. The van der Waals surface area contributed by atoms with Crippen molar-refractivity contribution in [2.75, 3.05) is 17.6 Å². The lowest BCUT2D eigenvalue weighted by molar-refractivity contribution is -0.121. The van der Waals surface area contributed by atoms with E-state index in [0.717, 1.165) is 31.5 Å². The Kier molecular flexibility index (Phi) is 3.80. The maximum atomic E-state index is 11.4. The molecule has 0 aromatic carbocycles. The minimum absolute atomic E-state index is 0.147. The number of anilines is 2. The molecule has 1 saturated carbocycles. The highest BCUT2D eigenvalue weighted by atomic mass is 16.1. The van der Waals surface area contributed by atoms with E-state index in [9.17, 15) is 4.79 Å². The van der Waals surface area contributed by atoms with Crippen LogP contribution in [0.3, 0.4) is 0 Å². The lowest BCUT2D eigenvalue weighted by Crippen LogP contribution is -2.25. The smallest absolute Gasteiger partial charge is 0.220 e. The molecule has 5 nitrogen and oxygen atoms in total. The van der Waals surface area contributed by atoms with Crippen molar-refractivity contribution in [1.82, 2.24) is 10.3 Å². The molecule has 1 aromatic heterocycles. The van der Waals surface area contributed by atoms with Gasteiger partial charge in [-0.25, -0.2) is 4.98 Å². The average Bonchev–Trinajstić information content (AvgIpc) is 3.10. The number of amides is 1. The zero-order valence-electron chi connectivity index (χ0n) is 9.78. The van der Waals surface area contributed by atoms with Crippen LogP contribution in [0, 0.1) is 0 Å². The summed E-state index contributed by atoms with van der Waals surface area (Å²) in [5.74, 6) is 0.642. The van der Waals surface area contributed by atoms with Crippen molar-refractivity contribution in [2.24, 2.45) is 0 Å². The summed E-state index contributed by atoms with van der Waals surface area (Å²) in [4.78, 5) is 15.4. The van der Waals surface area contributed by atoms with Crippen LogP contribution in [-0.4, -0.2) is 23.5 Å². The fraction of sp³-hybridized carbons (Fsp3) is 0.500. The third-order valence-corrected chi connectivity index (χ3v) is 2.68. The van der Waals surface area contributed by atoms with Gasteiger partial charge in [0, 0.05) is 25.2 Å². The largest absolute Gasteiger partial charge is 0.382 e. The third-order valence-electron chi connectivity index (χ3n) is 2.68. The molecule has 2 rings (SSSR count). The second-order valence-electron chi connectivity index (χ2n) is 4.31. The fourth-order valence-corrected chi connectivity index (χ4v) is 1.57. The van der Waals surface area contributed by atoms with E-state index < -0.39 is 0 Å². The maximum Gasteiger partial charge on any atom is 0.220 e. The Bertz CT molecular complexity index is 390. The highest BCUT2D eigenvalue weighted by Crippen LogP contribution is 2.18. The summed E-state index contributed by atoms with van der Waals surface area (Å²) >= 11 is 0. The summed E-state index contributed by atoms with van der Waals surface area (Å²) in [5, 5.41) is 6.13. The molecule has 92 valence electrons. The average molecular weight is 234 g/mol. The summed E-state index contributed by atoms with van der Waals surface area (Å²) in [7, 11) is 0. The number of nitrogens with zero attached hydrogens (tertiary/aromatic N) is 1. The molecule has 17 heavy (non-hydrogen) atoms. The van der Waals surface area contributed by atoms with Gasteiger partial charge in [-0.1, -0.05) is 0 Å². The van der Waals surface area contributed by atoms with Crippen LogP contribution in [0.2, 0.25) is 0 Å². The van der Waals surface area contributed by atoms with Crippen LogP contribution < -0.4 is 16.4 Å². The first kappa shape index (κ1) is 11.7. The summed E-state index contributed by atoms with van der Waals surface area (Å²) in [6, 6.07) is 4.16. The van der Waals surface area contributed by atoms with Crippen molar-refractivity contribution in [2.45, 2.75) is 31.7 Å². The van der Waals surface area contributed by atoms with Gasteiger partial charge in [0.05, 0.1) is 5.69 Å². The minimum Gasteiger partial charge on any atom is -0.382 e. The highest BCUT2D eigenvalue weighted by Gasteiger charge is 2.22. The Morgan fingerprint density at radius 3 is 3.06 bits per heavy atom. The van der Waals surface area contributed by atoms with Gasteiger partial charge in [-0.2, -0.15) is 0 Å². The molecule has 0 aliphatic heterocycles. The monoisotopic (exact) mass is 234 g/mol. The molecule has 1 fully saturated rings. The zero-order valence-corrected chi connectivity index (χ0v) is 9.78. The molecular weight excluding hydrogens is 216 g/mol. The molecule has 1 aliphatic carbocycles. The summed E-state index contributed by atoms with van der Waals surface area (Å²) in [5.41, 5.74) is 6.51. The Morgan fingerprint density at radius 2 is 2.35 bits per heavy atom. The molecule has 0 saturated heterocycles. The number of aromatic nitrogens is 1. The van der Waals surface area contributed by atoms with Crippen molar-refractivity contribution < 1.29 is 4.79 Å². The van der Waals surface area contributed by atoms with Gasteiger partial charge in [-0.15, -0.1) is 0 Å². The molecule has 0 spiro atoms. The first-order valence-electron chi connectivity index (χ1n) is 5.99. The summed E-state index contributed by atoms with van der Waals surface area (Å²) in [6.07, 6.45) is 5.28. The number of nitrogens with two attached hydrogens (primary N) is 1. The number of carbonyl (C=O) groups excluding carboxylic acids is 1. The third kappa shape index (κ3) is 3.94. The number of nitrogen functional groups attached to an aromatic ring is 1. The second-order valence-corrected chi connectivity index (χ2v) is 4.31. The molecule has 0 atom stereocenters. The zero-order chi connectivity index (χ0) is 12.1. The predicted molar refractivity (Wildman–Crippen MR) is 67.5 cm³/mol. The van der Waals surface area contributed by atoms with E-state index in [2.05, 4.69) is 15.6 Å². The molecule has 0 bridgehead atoms. The lowest BCUT2D eigenvalue weighted by atomic mass is 10.3. The molecule has 1 heterocycles. The predicted octanol–water partition coefficient (Wildman–Crippen LogP) is 1.13. The van der Waals surface area contributed by atoms with Crippen molar-refractivity contribution >= 4 is 17.4 Å². The number of hydrogen-bond donors (Lipinski definition) is 3. The molecule has 1 aromatic rings. The van der Waals surface area contributed by atoms with Crippen molar-refractivity contribution in [3.63, 3.8) is 0 Å². The molecule has 5 heteroatoms. The van der Waals surface area contributed by atoms with E-state index in [1.807, 2.05) is 12.1 Å². The van der Waals surface area contributed by atoms with Crippen LogP contribution in [0.15, 0.2) is 18.3 Å². The van der Waals surface area contributed by atoms with Crippen molar-refractivity contribution in [3.05, 3.63) is 18.3 Å². The lowest BCUT2D eigenvalue weighted by Gasteiger charge is -2.08. The number of nitrogens with one attached hydrogen (secondary N) is 2. The molecule has 0 radical (unpaired) electrons. The normalized spacial score (nSPS) is 14.4. The second kappa shape index (κ2) is 5.52. The van der Waals surface area contributed by atoms with E-state index >= 15 is 0 Å². The Labute approximate surface area is 101 Å². The summed E-state index contributed by atoms with van der Waals surface area (Å²) < 4.78 is 0. The van der Waals surface area contributed by atoms with Gasteiger partial charge in [-0.3, -0.25) is 4.79 Å². The molecule has 1 aliphatic rings. The van der Waals surface area contributed by atoms with Gasteiger partial charge in [0.25, 0.3) is 0 Å². The van der Waals surface area contributed by atoms with Crippen LogP contribution >= 0.6 is 0 Å². The van der Waals surface area contributed by atoms with E-state index in [-0.39, 0.29) is 5.91 Å². The van der Waals surface area contributed by atoms with Crippen molar-refractivity contribution in [3.8, 4) is 0 Å². The molecule has 1 amide bonds. The van der Waals surface area contributed by atoms with Gasteiger partial charge in [0.2, 0.25) is 5.91 Å². The van der Waals surface area contributed by atoms with Crippen LogP contribution in [0.1, 0.15) is 25.7 Å². The topological polar surface area (TPSA) is 80.0 Å². The van der Waals surface area contributed by atoms with E-state index in [4.69, 9.17) is 5.73 Å². The first-order valence-corrected chi connectivity index (χ1v) is 5.99. The Morgan fingerprint density at radius 1 is 1.53 bits per heavy atom. The van der Waals surface area contributed by atoms with E-state index in [0.29, 0.717) is 18.3 Å². The minimum atomic E-state index is 0.147. The Hall–Kier alpha value is -1.78. The van der Waals surface area contributed by atoms with Gasteiger partial charge >= 0.3 is 0 Å². The van der Waals surface area contributed by atoms with Gasteiger partial charge in [0.1, 0.15) is 5.82 Å². The van der Waals surface area contributed by atoms with Crippen LogP contribution in [0.4, 0.5) is 11.5 Å². The first-order chi connectivity index (χ1) is 8.25. The SMILES string of the molecule is Nc1ncccc1NCCCC(=O)NC1CC1. The van der Waals surface area contributed by atoms with Crippen LogP contribution in [0.25, 0.3) is 0 Å².